The minimum atomic E-state index is 0. The summed E-state index contributed by atoms with van der Waals surface area (Å²) in [6.45, 7) is 7.39. The van der Waals surface area contributed by atoms with Gasteiger partial charge < -0.3 is 16.0 Å². The standard InChI is InChI=1S/C19H33N5O.ClH/c1-15(2)23(3)18-8-7-16(12-21-18)14-24-11-5-4-6-17(24)13-22-19(25)9-10-20;/h7-8,12,15,17H,4-6,9-11,13-14,20H2,1-3H3,(H,22,25);1H. The van der Waals surface area contributed by atoms with E-state index in [1.165, 1.54) is 18.4 Å². The summed E-state index contributed by atoms with van der Waals surface area (Å²) < 4.78 is 0. The molecule has 1 amide bonds. The van der Waals surface area contributed by atoms with Crippen molar-refractivity contribution >= 4 is 24.1 Å². The number of hydrogen-bond acceptors (Lipinski definition) is 5. The number of pyridine rings is 1. The molecule has 1 aliphatic rings. The van der Waals surface area contributed by atoms with Gasteiger partial charge in [-0.2, -0.15) is 0 Å². The SMILES string of the molecule is CC(C)N(C)c1ccc(CN2CCCCC2CNC(=O)CCN)cn1.Cl. The van der Waals surface area contributed by atoms with Crippen LogP contribution in [-0.2, 0) is 11.3 Å². The van der Waals surface area contributed by atoms with Crippen molar-refractivity contribution in [3.63, 3.8) is 0 Å². The Hall–Kier alpha value is -1.37. The summed E-state index contributed by atoms with van der Waals surface area (Å²) in [6.07, 6.45) is 5.96. The minimum absolute atomic E-state index is 0. The summed E-state index contributed by atoms with van der Waals surface area (Å²) in [7, 11) is 2.07. The molecule has 148 valence electrons. The fourth-order valence-corrected chi connectivity index (χ4v) is 3.17. The first-order valence-electron chi connectivity index (χ1n) is 9.40. The number of nitrogens with one attached hydrogen (secondary N) is 1. The fourth-order valence-electron chi connectivity index (χ4n) is 3.17. The van der Waals surface area contributed by atoms with Crippen molar-refractivity contribution in [3.8, 4) is 0 Å². The number of likely N-dealkylation sites (tertiary alicyclic amines) is 1. The quantitative estimate of drug-likeness (QED) is 0.719. The van der Waals surface area contributed by atoms with Gasteiger partial charge in [-0.15, -0.1) is 12.4 Å². The Morgan fingerprint density at radius 1 is 1.42 bits per heavy atom. The van der Waals surface area contributed by atoms with Gasteiger partial charge in [0.1, 0.15) is 5.82 Å². The minimum Gasteiger partial charge on any atom is -0.357 e. The normalized spacial score (nSPS) is 17.7. The lowest BCUT2D eigenvalue weighted by Gasteiger charge is -2.36. The highest BCUT2D eigenvalue weighted by atomic mass is 35.5. The van der Waals surface area contributed by atoms with Crippen LogP contribution in [0.15, 0.2) is 18.3 Å². The Bertz CT molecular complexity index is 537. The number of nitrogens with zero attached hydrogens (tertiary/aromatic N) is 3. The van der Waals surface area contributed by atoms with E-state index >= 15 is 0 Å². The van der Waals surface area contributed by atoms with E-state index < -0.39 is 0 Å². The Balaban J connectivity index is 0.00000338. The summed E-state index contributed by atoms with van der Waals surface area (Å²) in [6, 6.07) is 5.09. The van der Waals surface area contributed by atoms with Gasteiger partial charge in [0.05, 0.1) is 0 Å². The van der Waals surface area contributed by atoms with E-state index in [1.807, 2.05) is 6.20 Å². The Morgan fingerprint density at radius 3 is 2.81 bits per heavy atom. The maximum Gasteiger partial charge on any atom is 0.221 e. The van der Waals surface area contributed by atoms with Gasteiger partial charge >= 0.3 is 0 Å². The van der Waals surface area contributed by atoms with Gasteiger partial charge in [0.15, 0.2) is 0 Å². The number of piperidine rings is 1. The van der Waals surface area contributed by atoms with E-state index in [9.17, 15) is 4.79 Å². The zero-order chi connectivity index (χ0) is 18.2. The molecule has 0 radical (unpaired) electrons. The first-order valence-corrected chi connectivity index (χ1v) is 9.40. The van der Waals surface area contributed by atoms with Crippen LogP contribution in [0.3, 0.4) is 0 Å². The fraction of sp³-hybridized carbons (Fsp3) is 0.684. The maximum atomic E-state index is 11.7. The van der Waals surface area contributed by atoms with Gasteiger partial charge in [0.25, 0.3) is 0 Å². The molecule has 3 N–H and O–H groups in total. The second-order valence-corrected chi connectivity index (χ2v) is 7.19. The second kappa shape index (κ2) is 11.4. The molecular weight excluding hydrogens is 350 g/mol. The van der Waals surface area contributed by atoms with Gasteiger partial charge in [0.2, 0.25) is 5.91 Å². The third kappa shape index (κ3) is 6.74. The maximum absolute atomic E-state index is 11.7. The van der Waals surface area contributed by atoms with Crippen LogP contribution in [-0.4, -0.2) is 54.6 Å². The lowest BCUT2D eigenvalue weighted by Crippen LogP contribution is -2.46. The first kappa shape index (κ1) is 22.7. The summed E-state index contributed by atoms with van der Waals surface area (Å²) >= 11 is 0. The molecular formula is C19H34ClN5O. The highest BCUT2D eigenvalue weighted by molar-refractivity contribution is 5.85. The number of halogens is 1. The lowest BCUT2D eigenvalue weighted by molar-refractivity contribution is -0.121. The first-order chi connectivity index (χ1) is 12.0. The van der Waals surface area contributed by atoms with Crippen molar-refractivity contribution in [2.24, 2.45) is 5.73 Å². The molecule has 26 heavy (non-hydrogen) atoms. The van der Waals surface area contributed by atoms with Crippen LogP contribution in [0.4, 0.5) is 5.82 Å². The van der Waals surface area contributed by atoms with Crippen molar-refractivity contribution in [2.75, 3.05) is 31.6 Å². The lowest BCUT2D eigenvalue weighted by atomic mass is 10.0. The third-order valence-corrected chi connectivity index (χ3v) is 4.99. The average Bonchev–Trinajstić information content (AvgIpc) is 2.61. The highest BCUT2D eigenvalue weighted by Gasteiger charge is 2.23. The number of carbonyl (C=O) groups excluding carboxylic acids is 1. The summed E-state index contributed by atoms with van der Waals surface area (Å²) in [5, 5.41) is 3.02. The summed E-state index contributed by atoms with van der Waals surface area (Å²) in [5.74, 6) is 1.05. The predicted molar refractivity (Wildman–Crippen MR) is 110 cm³/mol. The van der Waals surface area contributed by atoms with Crippen molar-refractivity contribution in [3.05, 3.63) is 23.9 Å². The average molecular weight is 384 g/mol. The molecule has 1 aromatic heterocycles. The van der Waals surface area contributed by atoms with Crippen LogP contribution in [0.1, 0.15) is 45.1 Å². The van der Waals surface area contributed by atoms with E-state index in [-0.39, 0.29) is 18.3 Å². The molecule has 2 heterocycles. The number of carbonyl (C=O) groups is 1. The van der Waals surface area contributed by atoms with Crippen molar-refractivity contribution < 1.29 is 4.79 Å². The number of aromatic nitrogens is 1. The smallest absolute Gasteiger partial charge is 0.221 e. The molecule has 1 atom stereocenters. The molecule has 1 fully saturated rings. The monoisotopic (exact) mass is 383 g/mol. The molecule has 0 aromatic carbocycles. The summed E-state index contributed by atoms with van der Waals surface area (Å²) in [5.41, 5.74) is 6.66. The molecule has 0 bridgehead atoms. The Labute approximate surface area is 163 Å². The molecule has 1 aromatic rings. The number of hydrogen-bond donors (Lipinski definition) is 2. The van der Waals surface area contributed by atoms with Gasteiger partial charge in [-0.05, 0) is 44.9 Å². The van der Waals surface area contributed by atoms with Crippen molar-refractivity contribution in [1.82, 2.24) is 15.2 Å². The van der Waals surface area contributed by atoms with Crippen LogP contribution in [0.5, 0.6) is 0 Å². The number of rotatable bonds is 8. The number of anilines is 1. The van der Waals surface area contributed by atoms with Crippen molar-refractivity contribution in [2.45, 2.75) is 58.2 Å². The van der Waals surface area contributed by atoms with Gasteiger partial charge in [-0.3, -0.25) is 9.69 Å². The predicted octanol–water partition coefficient (Wildman–Crippen LogP) is 2.17. The second-order valence-electron chi connectivity index (χ2n) is 7.19. The topological polar surface area (TPSA) is 74.5 Å². The third-order valence-electron chi connectivity index (χ3n) is 4.99. The van der Waals surface area contributed by atoms with Crippen LogP contribution in [0.25, 0.3) is 0 Å². The van der Waals surface area contributed by atoms with E-state index in [4.69, 9.17) is 5.73 Å². The molecule has 0 saturated carbocycles. The Morgan fingerprint density at radius 2 is 2.19 bits per heavy atom. The van der Waals surface area contributed by atoms with Gasteiger partial charge in [0, 0.05) is 51.4 Å². The van der Waals surface area contributed by atoms with Crippen LogP contribution >= 0.6 is 12.4 Å². The Kier molecular flexibility index (Phi) is 9.91. The molecule has 2 rings (SSSR count). The number of amides is 1. The molecule has 6 nitrogen and oxygen atoms in total. The van der Waals surface area contributed by atoms with E-state index in [1.54, 1.807) is 0 Å². The molecule has 0 aliphatic carbocycles. The zero-order valence-corrected chi connectivity index (χ0v) is 17.1. The van der Waals surface area contributed by atoms with Gasteiger partial charge in [-0.1, -0.05) is 12.5 Å². The highest BCUT2D eigenvalue weighted by Crippen LogP contribution is 2.20. The van der Waals surface area contributed by atoms with Crippen LogP contribution in [0.2, 0.25) is 0 Å². The molecule has 7 heteroatoms. The molecule has 1 aliphatic heterocycles. The number of nitrogens with two attached hydrogens (primary N) is 1. The van der Waals surface area contributed by atoms with Crippen LogP contribution in [0, 0.1) is 0 Å². The van der Waals surface area contributed by atoms with E-state index in [0.29, 0.717) is 31.6 Å². The molecule has 1 saturated heterocycles. The van der Waals surface area contributed by atoms with Crippen LogP contribution < -0.4 is 16.0 Å². The van der Waals surface area contributed by atoms with E-state index in [0.717, 1.165) is 25.3 Å². The molecule has 1 unspecified atom stereocenters. The van der Waals surface area contributed by atoms with E-state index in [2.05, 4.69) is 53.1 Å². The largest absolute Gasteiger partial charge is 0.357 e. The summed E-state index contributed by atoms with van der Waals surface area (Å²) in [4.78, 5) is 20.9. The van der Waals surface area contributed by atoms with Gasteiger partial charge in [-0.25, -0.2) is 4.98 Å². The molecule has 0 spiro atoms. The zero-order valence-electron chi connectivity index (χ0n) is 16.3. The van der Waals surface area contributed by atoms with Crippen molar-refractivity contribution in [1.29, 1.82) is 0 Å².